The molecule has 1 aromatic rings. The molecule has 0 amide bonds. The first-order valence-corrected chi connectivity index (χ1v) is 8.24. The van der Waals surface area contributed by atoms with Crippen LogP contribution in [-0.2, 0) is 5.41 Å². The Morgan fingerprint density at radius 2 is 1.65 bits per heavy atom. The normalized spacial score (nSPS) is 16.9. The predicted molar refractivity (Wildman–Crippen MR) is 83.6 cm³/mol. The predicted octanol–water partition coefficient (Wildman–Crippen LogP) is 4.81. The van der Waals surface area contributed by atoms with Crippen LogP contribution in [0.2, 0.25) is 0 Å². The number of unbranched alkanes of at least 4 members (excludes halogenated alkanes) is 6. The Labute approximate surface area is 123 Å². The molecule has 2 rings (SSSR count). The molecule has 1 aliphatic rings. The standard InChI is InChI=1S/C18H28FN/c1-2-3-4-5-6-7-10-13-18(14-20-15-18)16-11-8-9-12-17(16)19/h8-9,11-12,20H,2-7,10,13-15H2,1H3. The van der Waals surface area contributed by atoms with E-state index in [1.807, 2.05) is 12.1 Å². The van der Waals surface area contributed by atoms with Crippen molar-refractivity contribution in [3.05, 3.63) is 35.6 Å². The summed E-state index contributed by atoms with van der Waals surface area (Å²) in [4.78, 5) is 0. The first kappa shape index (κ1) is 15.5. The Hall–Kier alpha value is -0.890. The number of hydrogen-bond donors (Lipinski definition) is 1. The van der Waals surface area contributed by atoms with Gasteiger partial charge in [-0.2, -0.15) is 0 Å². The SMILES string of the molecule is CCCCCCCCCC1(c2ccccc2F)CNC1. The van der Waals surface area contributed by atoms with Crippen molar-refractivity contribution in [1.82, 2.24) is 5.32 Å². The van der Waals surface area contributed by atoms with E-state index in [1.165, 1.54) is 44.9 Å². The summed E-state index contributed by atoms with van der Waals surface area (Å²) in [6, 6.07) is 7.31. The summed E-state index contributed by atoms with van der Waals surface area (Å²) in [5, 5.41) is 3.33. The zero-order valence-corrected chi connectivity index (χ0v) is 12.8. The zero-order valence-electron chi connectivity index (χ0n) is 12.8. The molecule has 0 saturated carbocycles. The van der Waals surface area contributed by atoms with Crippen LogP contribution in [0.4, 0.5) is 4.39 Å². The summed E-state index contributed by atoms with van der Waals surface area (Å²) < 4.78 is 14.0. The van der Waals surface area contributed by atoms with Gasteiger partial charge >= 0.3 is 0 Å². The van der Waals surface area contributed by atoms with Gasteiger partial charge in [0.2, 0.25) is 0 Å². The first-order chi connectivity index (χ1) is 9.78. The molecular weight excluding hydrogens is 249 g/mol. The number of halogens is 1. The third kappa shape index (κ3) is 3.82. The minimum Gasteiger partial charge on any atom is -0.315 e. The highest BCUT2D eigenvalue weighted by molar-refractivity contribution is 5.31. The van der Waals surface area contributed by atoms with Crippen LogP contribution in [0.15, 0.2) is 24.3 Å². The molecule has 1 N–H and O–H groups in total. The lowest BCUT2D eigenvalue weighted by Crippen LogP contribution is -2.57. The van der Waals surface area contributed by atoms with Crippen molar-refractivity contribution < 1.29 is 4.39 Å². The average molecular weight is 277 g/mol. The fourth-order valence-corrected chi connectivity index (χ4v) is 3.24. The number of rotatable bonds is 9. The van der Waals surface area contributed by atoms with Gasteiger partial charge in [-0.1, -0.05) is 70.1 Å². The third-order valence-corrected chi connectivity index (χ3v) is 4.63. The molecule has 20 heavy (non-hydrogen) atoms. The molecule has 2 heteroatoms. The van der Waals surface area contributed by atoms with E-state index in [4.69, 9.17) is 0 Å². The monoisotopic (exact) mass is 277 g/mol. The van der Waals surface area contributed by atoms with Gasteiger partial charge in [-0.05, 0) is 18.1 Å². The van der Waals surface area contributed by atoms with Gasteiger partial charge in [-0.25, -0.2) is 4.39 Å². The average Bonchev–Trinajstić information content (AvgIpc) is 2.41. The minimum atomic E-state index is -0.0306. The van der Waals surface area contributed by atoms with Crippen LogP contribution in [0.25, 0.3) is 0 Å². The molecule has 1 aliphatic heterocycles. The molecule has 1 fully saturated rings. The summed E-state index contributed by atoms with van der Waals surface area (Å²) >= 11 is 0. The fourth-order valence-electron chi connectivity index (χ4n) is 3.24. The molecule has 0 atom stereocenters. The molecule has 1 aromatic carbocycles. The lowest BCUT2D eigenvalue weighted by atomic mass is 9.71. The first-order valence-electron chi connectivity index (χ1n) is 8.24. The van der Waals surface area contributed by atoms with Gasteiger partial charge in [0, 0.05) is 18.5 Å². The summed E-state index contributed by atoms with van der Waals surface area (Å²) in [6.45, 7) is 4.12. The second-order valence-electron chi connectivity index (χ2n) is 6.24. The van der Waals surface area contributed by atoms with Crippen LogP contribution in [-0.4, -0.2) is 13.1 Å². The van der Waals surface area contributed by atoms with Crippen molar-refractivity contribution in [3.8, 4) is 0 Å². The maximum Gasteiger partial charge on any atom is 0.127 e. The quantitative estimate of drug-likeness (QED) is 0.639. The van der Waals surface area contributed by atoms with Gasteiger partial charge in [-0.15, -0.1) is 0 Å². The molecule has 112 valence electrons. The molecule has 0 spiro atoms. The molecule has 1 heterocycles. The number of hydrogen-bond acceptors (Lipinski definition) is 1. The van der Waals surface area contributed by atoms with Crippen molar-refractivity contribution in [1.29, 1.82) is 0 Å². The van der Waals surface area contributed by atoms with E-state index >= 15 is 0 Å². The van der Waals surface area contributed by atoms with E-state index in [9.17, 15) is 4.39 Å². The second kappa shape index (κ2) is 7.78. The largest absolute Gasteiger partial charge is 0.315 e. The van der Waals surface area contributed by atoms with E-state index in [2.05, 4.69) is 12.2 Å². The summed E-state index contributed by atoms with van der Waals surface area (Å²) in [5.41, 5.74) is 0.985. The van der Waals surface area contributed by atoms with Crippen molar-refractivity contribution >= 4 is 0 Å². The van der Waals surface area contributed by atoms with Crippen LogP contribution in [0.5, 0.6) is 0 Å². The zero-order chi connectivity index (χ0) is 14.3. The lowest BCUT2D eigenvalue weighted by Gasteiger charge is -2.43. The van der Waals surface area contributed by atoms with Crippen LogP contribution < -0.4 is 5.32 Å². The lowest BCUT2D eigenvalue weighted by molar-refractivity contribution is 0.241. The smallest absolute Gasteiger partial charge is 0.127 e. The minimum absolute atomic E-state index is 0.0306. The molecule has 0 bridgehead atoms. The molecular formula is C18H28FN. The second-order valence-corrected chi connectivity index (χ2v) is 6.24. The summed E-state index contributed by atoms with van der Waals surface area (Å²) in [7, 11) is 0. The van der Waals surface area contributed by atoms with Gasteiger partial charge < -0.3 is 5.32 Å². The van der Waals surface area contributed by atoms with E-state index in [0.717, 1.165) is 25.1 Å². The maximum absolute atomic E-state index is 14.0. The molecule has 0 aromatic heterocycles. The highest BCUT2D eigenvalue weighted by atomic mass is 19.1. The molecule has 0 unspecified atom stereocenters. The van der Waals surface area contributed by atoms with Gasteiger partial charge in [0.05, 0.1) is 0 Å². The van der Waals surface area contributed by atoms with Crippen molar-refractivity contribution in [2.24, 2.45) is 0 Å². The van der Waals surface area contributed by atoms with Gasteiger partial charge in [0.25, 0.3) is 0 Å². The maximum atomic E-state index is 14.0. The Morgan fingerprint density at radius 1 is 1.00 bits per heavy atom. The van der Waals surface area contributed by atoms with Gasteiger partial charge in [-0.3, -0.25) is 0 Å². The summed E-state index contributed by atoms with van der Waals surface area (Å²) in [6.07, 6.45) is 10.4. The topological polar surface area (TPSA) is 12.0 Å². The molecule has 1 nitrogen and oxygen atoms in total. The van der Waals surface area contributed by atoms with Crippen molar-refractivity contribution in [2.75, 3.05) is 13.1 Å². The van der Waals surface area contributed by atoms with Gasteiger partial charge in [0.1, 0.15) is 5.82 Å². The summed E-state index contributed by atoms with van der Waals surface area (Å²) in [5.74, 6) is -0.0306. The highest BCUT2D eigenvalue weighted by Crippen LogP contribution is 2.35. The Bertz CT molecular complexity index is 398. The van der Waals surface area contributed by atoms with Gasteiger partial charge in [0.15, 0.2) is 0 Å². The molecule has 0 radical (unpaired) electrons. The van der Waals surface area contributed by atoms with E-state index < -0.39 is 0 Å². The Balaban J connectivity index is 1.77. The van der Waals surface area contributed by atoms with Crippen molar-refractivity contribution in [3.63, 3.8) is 0 Å². The number of benzene rings is 1. The van der Waals surface area contributed by atoms with E-state index in [-0.39, 0.29) is 11.2 Å². The van der Waals surface area contributed by atoms with Crippen LogP contribution in [0.3, 0.4) is 0 Å². The van der Waals surface area contributed by atoms with Crippen LogP contribution in [0, 0.1) is 5.82 Å². The van der Waals surface area contributed by atoms with Crippen LogP contribution in [0.1, 0.15) is 63.9 Å². The van der Waals surface area contributed by atoms with E-state index in [0.29, 0.717) is 0 Å². The highest BCUT2D eigenvalue weighted by Gasteiger charge is 2.39. The number of nitrogens with one attached hydrogen (secondary N) is 1. The molecule has 0 aliphatic carbocycles. The fraction of sp³-hybridized carbons (Fsp3) is 0.667. The van der Waals surface area contributed by atoms with Crippen molar-refractivity contribution in [2.45, 2.75) is 63.7 Å². The Morgan fingerprint density at radius 3 is 2.25 bits per heavy atom. The van der Waals surface area contributed by atoms with E-state index in [1.54, 1.807) is 12.1 Å². The third-order valence-electron chi connectivity index (χ3n) is 4.63. The molecule has 1 saturated heterocycles. The van der Waals surface area contributed by atoms with Crippen LogP contribution >= 0.6 is 0 Å². The Kier molecular flexibility index (Phi) is 6.03.